The quantitative estimate of drug-likeness (QED) is 0.947. The fraction of sp³-hybridized carbons (Fsp3) is 0.350. The van der Waals surface area contributed by atoms with Crippen LogP contribution in [0.2, 0.25) is 0 Å². The molecule has 2 atom stereocenters. The molecule has 0 radical (unpaired) electrons. The van der Waals surface area contributed by atoms with Crippen molar-refractivity contribution in [1.29, 1.82) is 0 Å². The molecule has 0 aromatic heterocycles. The van der Waals surface area contributed by atoms with Crippen molar-refractivity contribution in [2.45, 2.75) is 25.8 Å². The highest BCUT2D eigenvalue weighted by Crippen LogP contribution is 2.22. The summed E-state index contributed by atoms with van der Waals surface area (Å²) >= 11 is 0. The standard InChI is InChI=1S/C20H24N2O/c1-15-7-9-16(10-8-15)11-17-12-19(21)14-22(13-17)20(23)18-5-3-2-4-6-18/h2-10,17,19H,11-14,21H2,1H3. The van der Waals surface area contributed by atoms with E-state index in [9.17, 15) is 4.79 Å². The Morgan fingerprint density at radius 2 is 1.78 bits per heavy atom. The Morgan fingerprint density at radius 1 is 1.09 bits per heavy atom. The molecule has 3 rings (SSSR count). The second-order valence-electron chi connectivity index (χ2n) is 6.63. The monoisotopic (exact) mass is 308 g/mol. The van der Waals surface area contributed by atoms with E-state index in [1.54, 1.807) is 0 Å². The first-order valence-corrected chi connectivity index (χ1v) is 8.27. The number of aryl methyl sites for hydroxylation is 1. The lowest BCUT2D eigenvalue weighted by atomic mass is 9.88. The summed E-state index contributed by atoms with van der Waals surface area (Å²) in [7, 11) is 0. The van der Waals surface area contributed by atoms with E-state index in [2.05, 4.69) is 31.2 Å². The molecule has 1 amide bonds. The van der Waals surface area contributed by atoms with Crippen molar-refractivity contribution in [3.8, 4) is 0 Å². The summed E-state index contributed by atoms with van der Waals surface area (Å²) in [4.78, 5) is 14.6. The van der Waals surface area contributed by atoms with Crippen LogP contribution in [0.4, 0.5) is 0 Å². The first-order chi connectivity index (χ1) is 11.1. The number of rotatable bonds is 3. The van der Waals surface area contributed by atoms with E-state index < -0.39 is 0 Å². The number of carbonyl (C=O) groups excluding carboxylic acids is 1. The van der Waals surface area contributed by atoms with Gasteiger partial charge in [-0.25, -0.2) is 0 Å². The molecule has 0 saturated carbocycles. The van der Waals surface area contributed by atoms with Crippen LogP contribution in [0.1, 0.15) is 27.9 Å². The van der Waals surface area contributed by atoms with Gasteiger partial charge in [0.1, 0.15) is 0 Å². The summed E-state index contributed by atoms with van der Waals surface area (Å²) in [5.74, 6) is 0.517. The summed E-state index contributed by atoms with van der Waals surface area (Å²) in [5, 5.41) is 0. The van der Waals surface area contributed by atoms with Gasteiger partial charge in [-0.15, -0.1) is 0 Å². The van der Waals surface area contributed by atoms with Gasteiger partial charge < -0.3 is 10.6 Å². The van der Waals surface area contributed by atoms with Crippen molar-refractivity contribution < 1.29 is 4.79 Å². The first kappa shape index (κ1) is 15.8. The number of nitrogens with zero attached hydrogens (tertiary/aromatic N) is 1. The summed E-state index contributed by atoms with van der Waals surface area (Å²) < 4.78 is 0. The van der Waals surface area contributed by atoms with Crippen molar-refractivity contribution in [3.63, 3.8) is 0 Å². The molecule has 0 aliphatic carbocycles. The normalized spacial score (nSPS) is 21.2. The molecule has 2 aromatic carbocycles. The predicted molar refractivity (Wildman–Crippen MR) is 93.3 cm³/mol. The van der Waals surface area contributed by atoms with Crippen LogP contribution in [0.15, 0.2) is 54.6 Å². The zero-order valence-corrected chi connectivity index (χ0v) is 13.6. The van der Waals surface area contributed by atoms with E-state index in [1.807, 2.05) is 35.2 Å². The van der Waals surface area contributed by atoms with Crippen molar-refractivity contribution in [3.05, 3.63) is 71.3 Å². The van der Waals surface area contributed by atoms with Crippen LogP contribution in [0, 0.1) is 12.8 Å². The number of piperidine rings is 1. The highest BCUT2D eigenvalue weighted by molar-refractivity contribution is 5.94. The molecule has 1 aliphatic heterocycles. The van der Waals surface area contributed by atoms with Gasteiger partial charge in [0, 0.05) is 24.7 Å². The maximum Gasteiger partial charge on any atom is 0.253 e. The molecular weight excluding hydrogens is 284 g/mol. The van der Waals surface area contributed by atoms with Crippen LogP contribution in [0.3, 0.4) is 0 Å². The molecule has 1 aliphatic rings. The molecule has 0 bridgehead atoms. The maximum absolute atomic E-state index is 12.7. The molecule has 1 saturated heterocycles. The highest BCUT2D eigenvalue weighted by atomic mass is 16.2. The number of hydrogen-bond acceptors (Lipinski definition) is 2. The molecule has 120 valence electrons. The van der Waals surface area contributed by atoms with Crippen LogP contribution < -0.4 is 5.73 Å². The van der Waals surface area contributed by atoms with Crippen molar-refractivity contribution in [1.82, 2.24) is 4.90 Å². The predicted octanol–water partition coefficient (Wildman–Crippen LogP) is 3.03. The Bertz CT molecular complexity index is 651. The molecule has 3 nitrogen and oxygen atoms in total. The van der Waals surface area contributed by atoms with Gasteiger partial charge in [-0.1, -0.05) is 48.0 Å². The Labute approximate surface area is 138 Å². The van der Waals surface area contributed by atoms with E-state index in [4.69, 9.17) is 5.73 Å². The zero-order chi connectivity index (χ0) is 16.2. The van der Waals surface area contributed by atoms with Crippen LogP contribution in [-0.2, 0) is 6.42 Å². The minimum Gasteiger partial charge on any atom is -0.337 e. The van der Waals surface area contributed by atoms with Gasteiger partial charge >= 0.3 is 0 Å². The molecular formula is C20H24N2O. The molecule has 1 heterocycles. The Balaban J connectivity index is 1.69. The minimum absolute atomic E-state index is 0.0619. The summed E-state index contributed by atoms with van der Waals surface area (Å²) in [6.45, 7) is 3.54. The van der Waals surface area contributed by atoms with Crippen LogP contribution in [0.25, 0.3) is 0 Å². The third kappa shape index (κ3) is 3.99. The molecule has 2 aromatic rings. The third-order valence-corrected chi connectivity index (χ3v) is 4.52. The zero-order valence-electron chi connectivity index (χ0n) is 13.6. The molecule has 2 N–H and O–H groups in total. The smallest absolute Gasteiger partial charge is 0.253 e. The lowest BCUT2D eigenvalue weighted by Gasteiger charge is -2.36. The lowest BCUT2D eigenvalue weighted by molar-refractivity contribution is 0.0649. The minimum atomic E-state index is 0.0619. The van der Waals surface area contributed by atoms with Gasteiger partial charge in [-0.05, 0) is 43.4 Å². The first-order valence-electron chi connectivity index (χ1n) is 8.27. The largest absolute Gasteiger partial charge is 0.337 e. The number of likely N-dealkylation sites (tertiary alicyclic amines) is 1. The molecule has 23 heavy (non-hydrogen) atoms. The van der Waals surface area contributed by atoms with E-state index in [1.165, 1.54) is 11.1 Å². The summed E-state index contributed by atoms with van der Waals surface area (Å²) in [6, 6.07) is 18.2. The Morgan fingerprint density at radius 3 is 2.48 bits per heavy atom. The Kier molecular flexibility index (Phi) is 4.77. The van der Waals surface area contributed by atoms with Crippen LogP contribution in [0.5, 0.6) is 0 Å². The van der Waals surface area contributed by atoms with E-state index in [-0.39, 0.29) is 11.9 Å². The maximum atomic E-state index is 12.7. The third-order valence-electron chi connectivity index (χ3n) is 4.52. The fourth-order valence-corrected chi connectivity index (χ4v) is 3.38. The van der Waals surface area contributed by atoms with Crippen LogP contribution >= 0.6 is 0 Å². The second kappa shape index (κ2) is 6.97. The number of nitrogens with two attached hydrogens (primary N) is 1. The topological polar surface area (TPSA) is 46.3 Å². The van der Waals surface area contributed by atoms with Crippen LogP contribution in [-0.4, -0.2) is 29.9 Å². The second-order valence-corrected chi connectivity index (χ2v) is 6.63. The lowest BCUT2D eigenvalue weighted by Crippen LogP contribution is -2.49. The SMILES string of the molecule is Cc1ccc(CC2CC(N)CN(C(=O)c3ccccc3)C2)cc1. The fourth-order valence-electron chi connectivity index (χ4n) is 3.38. The average Bonchev–Trinajstić information content (AvgIpc) is 2.56. The molecule has 3 heteroatoms. The van der Waals surface area contributed by atoms with Crippen molar-refractivity contribution in [2.24, 2.45) is 11.7 Å². The van der Waals surface area contributed by atoms with Crippen molar-refractivity contribution in [2.75, 3.05) is 13.1 Å². The number of amides is 1. The van der Waals surface area contributed by atoms with Crippen molar-refractivity contribution >= 4 is 5.91 Å². The molecule has 2 unspecified atom stereocenters. The average molecular weight is 308 g/mol. The summed E-state index contributed by atoms with van der Waals surface area (Å²) in [5.41, 5.74) is 9.56. The number of carbonyl (C=O) groups is 1. The number of benzene rings is 2. The number of hydrogen-bond donors (Lipinski definition) is 1. The molecule has 0 spiro atoms. The molecule has 1 fully saturated rings. The van der Waals surface area contributed by atoms with E-state index in [0.717, 1.165) is 24.9 Å². The van der Waals surface area contributed by atoms with E-state index in [0.29, 0.717) is 12.5 Å². The van der Waals surface area contributed by atoms with Gasteiger partial charge in [0.15, 0.2) is 0 Å². The van der Waals surface area contributed by atoms with E-state index >= 15 is 0 Å². The highest BCUT2D eigenvalue weighted by Gasteiger charge is 2.28. The van der Waals surface area contributed by atoms with Gasteiger partial charge in [0.25, 0.3) is 5.91 Å². The Hall–Kier alpha value is -2.13. The van der Waals surface area contributed by atoms with Gasteiger partial charge in [0.2, 0.25) is 0 Å². The summed E-state index contributed by atoms with van der Waals surface area (Å²) in [6.07, 6.45) is 1.96. The van der Waals surface area contributed by atoms with Gasteiger partial charge in [0.05, 0.1) is 0 Å². The van der Waals surface area contributed by atoms with Gasteiger partial charge in [-0.2, -0.15) is 0 Å². The van der Waals surface area contributed by atoms with Gasteiger partial charge in [-0.3, -0.25) is 4.79 Å².